The number of rotatable bonds is 9. The number of thiazole rings is 1. The lowest BCUT2D eigenvalue weighted by Gasteiger charge is -2.14. The average molecular weight is 316 g/mol. The molecule has 0 aromatic carbocycles. The highest BCUT2D eigenvalue weighted by atomic mass is 32.2. The Hall–Kier alpha value is -0.140. The molecule has 0 aliphatic carbocycles. The Morgan fingerprint density at radius 2 is 2.50 bits per heavy atom. The molecular formula is C14H24N2O2S2. The fraction of sp³-hybridized carbons (Fsp3) is 0.786. The van der Waals surface area contributed by atoms with Gasteiger partial charge in [0.1, 0.15) is 0 Å². The number of nitrogens with one attached hydrogen (secondary N) is 1. The molecule has 2 rings (SSSR count). The summed E-state index contributed by atoms with van der Waals surface area (Å²) >= 11 is 3.70. The van der Waals surface area contributed by atoms with Crippen molar-refractivity contribution in [1.29, 1.82) is 0 Å². The second kappa shape index (κ2) is 9.00. The van der Waals surface area contributed by atoms with E-state index < -0.39 is 6.10 Å². The van der Waals surface area contributed by atoms with Crippen LogP contribution in [0.4, 0.5) is 0 Å². The van der Waals surface area contributed by atoms with Crippen LogP contribution in [-0.2, 0) is 11.2 Å². The van der Waals surface area contributed by atoms with Gasteiger partial charge in [-0.1, -0.05) is 0 Å². The average Bonchev–Trinajstić information content (AvgIpc) is 3.07. The number of aryl methyl sites for hydroxylation is 1. The lowest BCUT2D eigenvalue weighted by Crippen LogP contribution is -2.34. The third kappa shape index (κ3) is 5.69. The van der Waals surface area contributed by atoms with Crippen molar-refractivity contribution in [1.82, 2.24) is 10.3 Å². The maximum atomic E-state index is 9.83. The zero-order valence-electron chi connectivity index (χ0n) is 12.0. The van der Waals surface area contributed by atoms with Gasteiger partial charge >= 0.3 is 0 Å². The highest BCUT2D eigenvalue weighted by Gasteiger charge is 2.15. The highest BCUT2D eigenvalue weighted by molar-refractivity contribution is 8.00. The van der Waals surface area contributed by atoms with Gasteiger partial charge in [-0.25, -0.2) is 4.98 Å². The number of hydrogen-bond acceptors (Lipinski definition) is 6. The standard InChI is InChI=1S/C14H24N2O2S2/c1-11-14(20-10-16-11)4-5-18-9-12(17)7-15-8-13-3-2-6-19-13/h10,12-13,15,17H,2-9H2,1H3. The smallest absolute Gasteiger partial charge is 0.0897 e. The maximum Gasteiger partial charge on any atom is 0.0897 e. The van der Waals surface area contributed by atoms with Gasteiger partial charge in [-0.2, -0.15) is 11.8 Å². The lowest BCUT2D eigenvalue weighted by molar-refractivity contribution is 0.0386. The Morgan fingerprint density at radius 3 is 3.20 bits per heavy atom. The summed E-state index contributed by atoms with van der Waals surface area (Å²) in [7, 11) is 0. The normalized spacial score (nSPS) is 20.4. The lowest BCUT2D eigenvalue weighted by atomic mass is 10.2. The quantitative estimate of drug-likeness (QED) is 0.681. The predicted molar refractivity (Wildman–Crippen MR) is 85.7 cm³/mol. The molecule has 1 fully saturated rings. The van der Waals surface area contributed by atoms with Crippen molar-refractivity contribution < 1.29 is 9.84 Å². The third-order valence-electron chi connectivity index (χ3n) is 3.40. The number of hydrogen-bond donors (Lipinski definition) is 2. The summed E-state index contributed by atoms with van der Waals surface area (Å²) in [6.45, 7) is 4.70. The fourth-order valence-corrected chi connectivity index (χ4v) is 4.22. The molecule has 2 heterocycles. The number of thioether (sulfide) groups is 1. The molecule has 1 saturated heterocycles. The molecule has 114 valence electrons. The van der Waals surface area contributed by atoms with Crippen LogP contribution in [0.25, 0.3) is 0 Å². The van der Waals surface area contributed by atoms with Crippen LogP contribution in [-0.4, -0.2) is 53.5 Å². The van der Waals surface area contributed by atoms with E-state index >= 15 is 0 Å². The van der Waals surface area contributed by atoms with Gasteiger partial charge in [0.15, 0.2) is 0 Å². The zero-order chi connectivity index (χ0) is 14.2. The van der Waals surface area contributed by atoms with Crippen LogP contribution in [0.2, 0.25) is 0 Å². The molecule has 4 nitrogen and oxygen atoms in total. The molecule has 0 amide bonds. The van der Waals surface area contributed by atoms with E-state index in [4.69, 9.17) is 4.74 Å². The van der Waals surface area contributed by atoms with Crippen LogP contribution < -0.4 is 5.32 Å². The minimum absolute atomic E-state index is 0.405. The number of aromatic nitrogens is 1. The van der Waals surface area contributed by atoms with Crippen LogP contribution in [0.15, 0.2) is 5.51 Å². The van der Waals surface area contributed by atoms with Crippen LogP contribution >= 0.6 is 23.1 Å². The van der Waals surface area contributed by atoms with Crippen LogP contribution in [0.5, 0.6) is 0 Å². The Balaban J connectivity index is 1.47. The van der Waals surface area contributed by atoms with Gasteiger partial charge in [-0.15, -0.1) is 11.3 Å². The maximum absolute atomic E-state index is 9.83. The van der Waals surface area contributed by atoms with Crippen molar-refractivity contribution in [3.8, 4) is 0 Å². The summed E-state index contributed by atoms with van der Waals surface area (Å²) in [6.07, 6.45) is 3.11. The molecule has 1 aliphatic rings. The van der Waals surface area contributed by atoms with Crippen molar-refractivity contribution in [3.63, 3.8) is 0 Å². The van der Waals surface area contributed by atoms with Crippen molar-refractivity contribution in [2.45, 2.75) is 37.5 Å². The zero-order valence-corrected chi connectivity index (χ0v) is 13.6. The molecule has 2 atom stereocenters. The summed E-state index contributed by atoms with van der Waals surface area (Å²) < 4.78 is 5.53. The molecule has 0 bridgehead atoms. The van der Waals surface area contributed by atoms with Crippen molar-refractivity contribution >= 4 is 23.1 Å². The third-order valence-corrected chi connectivity index (χ3v) is 5.80. The fourth-order valence-electron chi connectivity index (χ4n) is 2.23. The van der Waals surface area contributed by atoms with Crippen LogP contribution in [0.3, 0.4) is 0 Å². The van der Waals surface area contributed by atoms with E-state index in [2.05, 4.69) is 10.3 Å². The molecule has 0 saturated carbocycles. The molecule has 1 aromatic rings. The van der Waals surface area contributed by atoms with E-state index in [1.807, 2.05) is 24.2 Å². The van der Waals surface area contributed by atoms with Gasteiger partial charge in [0, 0.05) is 29.6 Å². The molecular weight excluding hydrogens is 292 g/mol. The SMILES string of the molecule is Cc1ncsc1CCOCC(O)CNCC1CCCS1. The van der Waals surface area contributed by atoms with Crippen LogP contribution in [0.1, 0.15) is 23.4 Å². The van der Waals surface area contributed by atoms with E-state index in [-0.39, 0.29) is 0 Å². The molecule has 2 unspecified atom stereocenters. The predicted octanol–water partition coefficient (Wildman–Crippen LogP) is 1.86. The second-order valence-electron chi connectivity index (χ2n) is 5.13. The summed E-state index contributed by atoms with van der Waals surface area (Å²) in [5.41, 5.74) is 2.96. The van der Waals surface area contributed by atoms with E-state index in [1.165, 1.54) is 23.5 Å². The summed E-state index contributed by atoms with van der Waals surface area (Å²) in [6, 6.07) is 0. The van der Waals surface area contributed by atoms with Gasteiger partial charge < -0.3 is 15.2 Å². The summed E-state index contributed by atoms with van der Waals surface area (Å²) in [4.78, 5) is 5.48. The van der Waals surface area contributed by atoms with Crippen molar-refractivity contribution in [2.75, 3.05) is 32.1 Å². The van der Waals surface area contributed by atoms with Crippen LogP contribution in [0, 0.1) is 6.92 Å². The first-order chi connectivity index (χ1) is 9.75. The summed E-state index contributed by atoms with van der Waals surface area (Å²) in [5, 5.41) is 13.9. The largest absolute Gasteiger partial charge is 0.389 e. The van der Waals surface area contributed by atoms with E-state index in [0.717, 1.165) is 23.9 Å². The molecule has 2 N–H and O–H groups in total. The molecule has 1 aliphatic heterocycles. The topological polar surface area (TPSA) is 54.4 Å². The Morgan fingerprint density at radius 1 is 1.60 bits per heavy atom. The van der Waals surface area contributed by atoms with Gasteiger partial charge in [-0.3, -0.25) is 0 Å². The number of aliphatic hydroxyl groups is 1. The molecule has 0 spiro atoms. The first-order valence-corrected chi connectivity index (χ1v) is 9.15. The Labute approximate surface area is 129 Å². The van der Waals surface area contributed by atoms with E-state index in [9.17, 15) is 5.11 Å². The molecule has 1 aromatic heterocycles. The Kier molecular flexibility index (Phi) is 7.30. The first kappa shape index (κ1) is 16.2. The minimum atomic E-state index is -0.413. The van der Waals surface area contributed by atoms with Crippen molar-refractivity contribution in [2.24, 2.45) is 0 Å². The van der Waals surface area contributed by atoms with E-state index in [0.29, 0.717) is 19.8 Å². The van der Waals surface area contributed by atoms with E-state index in [1.54, 1.807) is 11.3 Å². The molecule has 20 heavy (non-hydrogen) atoms. The van der Waals surface area contributed by atoms with Gasteiger partial charge in [0.25, 0.3) is 0 Å². The summed E-state index contributed by atoms with van der Waals surface area (Å²) in [5.74, 6) is 1.29. The van der Waals surface area contributed by atoms with Gasteiger partial charge in [0.05, 0.1) is 30.5 Å². The molecule has 0 radical (unpaired) electrons. The number of aliphatic hydroxyl groups excluding tert-OH is 1. The molecule has 6 heteroatoms. The second-order valence-corrected chi connectivity index (χ2v) is 7.48. The first-order valence-electron chi connectivity index (χ1n) is 7.23. The monoisotopic (exact) mass is 316 g/mol. The van der Waals surface area contributed by atoms with Gasteiger partial charge in [-0.05, 0) is 25.5 Å². The van der Waals surface area contributed by atoms with Crippen molar-refractivity contribution in [3.05, 3.63) is 16.1 Å². The van der Waals surface area contributed by atoms with Gasteiger partial charge in [0.2, 0.25) is 0 Å². The highest BCUT2D eigenvalue weighted by Crippen LogP contribution is 2.25. The minimum Gasteiger partial charge on any atom is -0.389 e. The number of ether oxygens (including phenoxy) is 1. The number of nitrogens with zero attached hydrogens (tertiary/aromatic N) is 1. The Bertz CT molecular complexity index is 381.